The number of hydrogen-bond donors (Lipinski definition) is 1. The van der Waals surface area contributed by atoms with Crippen molar-refractivity contribution in [2.24, 2.45) is 0 Å². The molecule has 0 bridgehead atoms. The highest BCUT2D eigenvalue weighted by Gasteiger charge is 2.11. The van der Waals surface area contributed by atoms with Crippen LogP contribution in [-0.4, -0.2) is 38.5 Å². The van der Waals surface area contributed by atoms with Gasteiger partial charge in [-0.1, -0.05) is 0 Å². The SMILES string of the molecule is COCCOCCCNC(C)c1sc(C)nc1C. The summed E-state index contributed by atoms with van der Waals surface area (Å²) >= 11 is 1.78. The van der Waals surface area contributed by atoms with Crippen LogP contribution in [0.15, 0.2) is 0 Å². The molecule has 0 radical (unpaired) electrons. The van der Waals surface area contributed by atoms with E-state index in [1.807, 2.05) is 0 Å². The highest BCUT2D eigenvalue weighted by molar-refractivity contribution is 7.11. The van der Waals surface area contributed by atoms with E-state index in [9.17, 15) is 0 Å². The van der Waals surface area contributed by atoms with Gasteiger partial charge in [-0.25, -0.2) is 4.98 Å². The van der Waals surface area contributed by atoms with Crippen molar-refractivity contribution < 1.29 is 9.47 Å². The predicted molar refractivity (Wildman–Crippen MR) is 75.3 cm³/mol. The van der Waals surface area contributed by atoms with Crippen molar-refractivity contribution in [1.82, 2.24) is 10.3 Å². The molecule has 1 N–H and O–H groups in total. The first kappa shape index (κ1) is 15.6. The summed E-state index contributed by atoms with van der Waals surface area (Å²) in [7, 11) is 1.69. The van der Waals surface area contributed by atoms with Crippen molar-refractivity contribution in [2.45, 2.75) is 33.2 Å². The molecule has 1 aromatic heterocycles. The smallest absolute Gasteiger partial charge is 0.0900 e. The molecule has 1 aromatic rings. The topological polar surface area (TPSA) is 43.4 Å². The van der Waals surface area contributed by atoms with Crippen LogP contribution >= 0.6 is 11.3 Å². The lowest BCUT2D eigenvalue weighted by Gasteiger charge is -2.12. The molecule has 0 aromatic carbocycles. The normalized spacial score (nSPS) is 12.9. The van der Waals surface area contributed by atoms with E-state index in [0.29, 0.717) is 19.3 Å². The highest BCUT2D eigenvalue weighted by atomic mass is 32.1. The average Bonchev–Trinajstić information content (AvgIpc) is 2.67. The van der Waals surface area contributed by atoms with Gasteiger partial charge in [-0.3, -0.25) is 0 Å². The molecule has 0 aliphatic heterocycles. The number of aromatic nitrogens is 1. The third-order valence-electron chi connectivity index (χ3n) is 2.68. The first-order valence-electron chi connectivity index (χ1n) is 6.39. The summed E-state index contributed by atoms with van der Waals surface area (Å²) in [5, 5.41) is 4.64. The van der Waals surface area contributed by atoms with Crippen LogP contribution < -0.4 is 5.32 Å². The summed E-state index contributed by atoms with van der Waals surface area (Å²) in [6, 6.07) is 0.371. The van der Waals surface area contributed by atoms with Crippen LogP contribution in [0.1, 0.15) is 35.0 Å². The number of nitrogens with one attached hydrogen (secondary N) is 1. The van der Waals surface area contributed by atoms with E-state index in [2.05, 4.69) is 31.1 Å². The third-order valence-corrected chi connectivity index (χ3v) is 3.94. The van der Waals surface area contributed by atoms with E-state index < -0.39 is 0 Å². The van der Waals surface area contributed by atoms with Gasteiger partial charge in [0.15, 0.2) is 0 Å². The zero-order valence-electron chi connectivity index (χ0n) is 11.8. The van der Waals surface area contributed by atoms with Gasteiger partial charge in [0.05, 0.1) is 23.9 Å². The number of rotatable bonds is 9. The van der Waals surface area contributed by atoms with E-state index in [1.54, 1.807) is 18.4 Å². The number of methoxy groups -OCH3 is 1. The van der Waals surface area contributed by atoms with Crippen molar-refractivity contribution in [3.63, 3.8) is 0 Å². The van der Waals surface area contributed by atoms with Crippen molar-refractivity contribution >= 4 is 11.3 Å². The molecule has 18 heavy (non-hydrogen) atoms. The van der Waals surface area contributed by atoms with Crippen molar-refractivity contribution in [2.75, 3.05) is 33.5 Å². The molecule has 0 fully saturated rings. The second-order valence-corrected chi connectivity index (χ2v) is 5.55. The van der Waals surface area contributed by atoms with Gasteiger partial charge >= 0.3 is 0 Å². The summed E-state index contributed by atoms with van der Waals surface area (Å²) < 4.78 is 10.3. The van der Waals surface area contributed by atoms with Gasteiger partial charge in [-0.15, -0.1) is 11.3 Å². The van der Waals surface area contributed by atoms with Gasteiger partial charge in [0.2, 0.25) is 0 Å². The molecule has 1 rings (SSSR count). The lowest BCUT2D eigenvalue weighted by Crippen LogP contribution is -2.21. The summed E-state index contributed by atoms with van der Waals surface area (Å²) in [6.45, 7) is 9.41. The maximum absolute atomic E-state index is 5.41. The minimum atomic E-state index is 0.371. The second kappa shape index (κ2) is 8.58. The zero-order valence-corrected chi connectivity index (χ0v) is 12.6. The summed E-state index contributed by atoms with van der Waals surface area (Å²) in [6.07, 6.45) is 1.02. The fraction of sp³-hybridized carbons (Fsp3) is 0.769. The maximum Gasteiger partial charge on any atom is 0.0900 e. The van der Waals surface area contributed by atoms with Gasteiger partial charge in [-0.2, -0.15) is 0 Å². The molecule has 1 heterocycles. The number of nitrogens with zero attached hydrogens (tertiary/aromatic N) is 1. The molecular weight excluding hydrogens is 248 g/mol. The zero-order chi connectivity index (χ0) is 13.4. The van der Waals surface area contributed by atoms with Gasteiger partial charge in [0.25, 0.3) is 0 Å². The van der Waals surface area contributed by atoms with E-state index in [-0.39, 0.29) is 0 Å². The second-order valence-electron chi connectivity index (χ2n) is 4.32. The summed E-state index contributed by atoms with van der Waals surface area (Å²) in [5.74, 6) is 0. The van der Waals surface area contributed by atoms with Crippen LogP contribution in [0.4, 0.5) is 0 Å². The van der Waals surface area contributed by atoms with Crippen LogP contribution in [0.3, 0.4) is 0 Å². The lowest BCUT2D eigenvalue weighted by molar-refractivity contribution is 0.0693. The molecule has 0 saturated carbocycles. The Kier molecular flexibility index (Phi) is 7.42. The van der Waals surface area contributed by atoms with Gasteiger partial charge in [0, 0.05) is 24.6 Å². The molecule has 0 saturated heterocycles. The maximum atomic E-state index is 5.41. The first-order chi connectivity index (χ1) is 8.65. The Morgan fingerprint density at radius 1 is 1.28 bits per heavy atom. The Labute approximate surface area is 114 Å². The fourth-order valence-electron chi connectivity index (χ4n) is 1.78. The van der Waals surface area contributed by atoms with Crippen molar-refractivity contribution in [1.29, 1.82) is 0 Å². The minimum absolute atomic E-state index is 0.371. The molecule has 104 valence electrons. The molecule has 5 heteroatoms. The Morgan fingerprint density at radius 3 is 2.67 bits per heavy atom. The number of aryl methyl sites for hydroxylation is 2. The minimum Gasteiger partial charge on any atom is -0.382 e. The molecular formula is C13H24N2O2S. The van der Waals surface area contributed by atoms with Gasteiger partial charge in [-0.05, 0) is 33.7 Å². The summed E-state index contributed by atoms with van der Waals surface area (Å²) in [4.78, 5) is 5.79. The lowest BCUT2D eigenvalue weighted by atomic mass is 10.2. The molecule has 0 aliphatic carbocycles. The summed E-state index contributed by atoms with van der Waals surface area (Å²) in [5.41, 5.74) is 1.15. The molecule has 1 atom stereocenters. The molecule has 0 aliphatic rings. The fourth-order valence-corrected chi connectivity index (χ4v) is 2.73. The number of ether oxygens (including phenoxy) is 2. The predicted octanol–water partition coefficient (Wildman–Crippen LogP) is 2.46. The van der Waals surface area contributed by atoms with Crippen molar-refractivity contribution in [3.05, 3.63) is 15.6 Å². The van der Waals surface area contributed by atoms with E-state index in [4.69, 9.17) is 9.47 Å². The number of thiazole rings is 1. The Morgan fingerprint density at radius 2 is 2.06 bits per heavy atom. The van der Waals surface area contributed by atoms with Crippen LogP contribution in [0.5, 0.6) is 0 Å². The first-order valence-corrected chi connectivity index (χ1v) is 7.20. The molecule has 0 amide bonds. The molecule has 0 spiro atoms. The molecule has 4 nitrogen and oxygen atoms in total. The molecule has 1 unspecified atom stereocenters. The van der Waals surface area contributed by atoms with E-state index in [0.717, 1.165) is 30.3 Å². The number of hydrogen-bond acceptors (Lipinski definition) is 5. The Hall–Kier alpha value is -0.490. The van der Waals surface area contributed by atoms with Crippen LogP contribution in [0.25, 0.3) is 0 Å². The monoisotopic (exact) mass is 272 g/mol. The largest absolute Gasteiger partial charge is 0.382 e. The van der Waals surface area contributed by atoms with Crippen LogP contribution in [-0.2, 0) is 9.47 Å². The van der Waals surface area contributed by atoms with Gasteiger partial charge < -0.3 is 14.8 Å². The van der Waals surface area contributed by atoms with Crippen molar-refractivity contribution in [3.8, 4) is 0 Å². The average molecular weight is 272 g/mol. The van der Waals surface area contributed by atoms with E-state index >= 15 is 0 Å². The van der Waals surface area contributed by atoms with E-state index in [1.165, 1.54) is 4.88 Å². The quantitative estimate of drug-likeness (QED) is 0.701. The third kappa shape index (κ3) is 5.44. The standard InChI is InChI=1S/C13H24N2O2S/c1-10(13-11(2)15-12(3)18-13)14-6-5-7-17-9-8-16-4/h10,14H,5-9H2,1-4H3. The van der Waals surface area contributed by atoms with Crippen LogP contribution in [0.2, 0.25) is 0 Å². The Bertz CT molecular complexity index is 342. The Balaban J connectivity index is 2.14. The van der Waals surface area contributed by atoms with Crippen LogP contribution in [0, 0.1) is 13.8 Å². The van der Waals surface area contributed by atoms with Gasteiger partial charge in [0.1, 0.15) is 0 Å². The highest BCUT2D eigenvalue weighted by Crippen LogP contribution is 2.24.